The number of carbonyl (C=O) groups is 1. The van der Waals surface area contributed by atoms with Gasteiger partial charge in [0.25, 0.3) is 0 Å². The largest absolute Gasteiger partial charge is 0.465 e. The smallest absolute Gasteiger partial charge is 0.337 e. The third-order valence-corrected chi connectivity index (χ3v) is 5.00. The highest BCUT2D eigenvalue weighted by Crippen LogP contribution is 2.35. The number of ether oxygens (including phenoxy) is 3. The molecule has 140 valence electrons. The van der Waals surface area contributed by atoms with Gasteiger partial charge in [0.2, 0.25) is 0 Å². The second-order valence-corrected chi connectivity index (χ2v) is 6.81. The number of carbonyl (C=O) groups excluding carboxylic acids is 1. The summed E-state index contributed by atoms with van der Waals surface area (Å²) >= 11 is 0. The predicted octanol–water partition coefficient (Wildman–Crippen LogP) is 2.11. The predicted molar refractivity (Wildman–Crippen MR) is 96.3 cm³/mol. The number of nitrogens with zero attached hydrogens (tertiary/aromatic N) is 3. The van der Waals surface area contributed by atoms with Gasteiger partial charge in [-0.15, -0.1) is 0 Å². The van der Waals surface area contributed by atoms with E-state index in [1.165, 1.54) is 7.11 Å². The molecule has 0 radical (unpaired) electrons. The van der Waals surface area contributed by atoms with Crippen molar-refractivity contribution in [1.82, 2.24) is 9.78 Å². The van der Waals surface area contributed by atoms with E-state index in [-0.39, 0.29) is 6.10 Å². The van der Waals surface area contributed by atoms with Crippen molar-refractivity contribution in [2.75, 3.05) is 26.9 Å². The van der Waals surface area contributed by atoms with Crippen LogP contribution in [0.4, 0.5) is 0 Å². The molecule has 1 aliphatic carbocycles. The molecule has 7 nitrogen and oxygen atoms in total. The Bertz CT molecular complexity index is 907. The number of esters is 1. The number of rotatable bonds is 3. The summed E-state index contributed by atoms with van der Waals surface area (Å²) in [6.07, 6.45) is 4.64. The molecule has 0 saturated carbocycles. The van der Waals surface area contributed by atoms with Gasteiger partial charge in [-0.05, 0) is 42.5 Å². The molecule has 0 spiro atoms. The van der Waals surface area contributed by atoms with Gasteiger partial charge in [0, 0.05) is 11.8 Å². The molecule has 2 heterocycles. The topological polar surface area (TPSA) is 86.4 Å². The van der Waals surface area contributed by atoms with E-state index in [4.69, 9.17) is 19.3 Å². The molecule has 27 heavy (non-hydrogen) atoms. The number of aromatic nitrogens is 2. The van der Waals surface area contributed by atoms with Crippen molar-refractivity contribution >= 4 is 5.97 Å². The van der Waals surface area contributed by atoms with Crippen molar-refractivity contribution in [3.05, 3.63) is 40.6 Å². The normalized spacial score (nSPS) is 18.7. The lowest BCUT2D eigenvalue weighted by Crippen LogP contribution is -2.32. The molecule has 1 atom stereocenters. The lowest BCUT2D eigenvalue weighted by molar-refractivity contribution is -0.0946. The Labute approximate surface area is 157 Å². The summed E-state index contributed by atoms with van der Waals surface area (Å²) < 4.78 is 17.9. The minimum absolute atomic E-state index is 0.0149. The Kier molecular flexibility index (Phi) is 4.92. The third kappa shape index (κ3) is 3.46. The van der Waals surface area contributed by atoms with Crippen molar-refractivity contribution in [3.8, 4) is 17.3 Å². The second kappa shape index (κ2) is 7.51. The summed E-state index contributed by atoms with van der Waals surface area (Å²) in [5.74, 6) is -0.432. The summed E-state index contributed by atoms with van der Waals surface area (Å²) in [6.45, 7) is 2.41. The zero-order valence-electron chi connectivity index (χ0n) is 15.2. The summed E-state index contributed by atoms with van der Waals surface area (Å²) in [5.41, 5.74) is 4.61. The van der Waals surface area contributed by atoms with E-state index in [1.54, 1.807) is 6.07 Å². The molecule has 1 fully saturated rings. The van der Waals surface area contributed by atoms with Crippen LogP contribution in [0.3, 0.4) is 0 Å². The van der Waals surface area contributed by atoms with Crippen molar-refractivity contribution in [2.45, 2.75) is 31.9 Å². The number of fused-ring (bicyclic) bond motifs is 3. The standard InChI is InChI=1S/C20H21N3O4/c1-25-20(24)15-7-13-3-2-4-14-10-23(11-17-12-26-5-6-27-17)22-19(14)18(13)16(8-15)9-21/h7-8,10,17H,2-6,11-12H2,1H3/t17-/m0/s1. The molecule has 1 saturated heterocycles. The van der Waals surface area contributed by atoms with Crippen LogP contribution in [0.15, 0.2) is 18.3 Å². The molecule has 0 N–H and O–H groups in total. The molecule has 1 aromatic heterocycles. The summed E-state index contributed by atoms with van der Waals surface area (Å²) in [6, 6.07) is 5.65. The van der Waals surface area contributed by atoms with Gasteiger partial charge in [-0.2, -0.15) is 10.4 Å². The highest BCUT2D eigenvalue weighted by atomic mass is 16.6. The first-order valence-corrected chi connectivity index (χ1v) is 9.11. The van der Waals surface area contributed by atoms with Crippen LogP contribution in [-0.4, -0.2) is 48.8 Å². The molecule has 4 rings (SSSR count). The second-order valence-electron chi connectivity index (χ2n) is 6.81. The van der Waals surface area contributed by atoms with Gasteiger partial charge in [-0.3, -0.25) is 4.68 Å². The number of benzene rings is 1. The quantitative estimate of drug-likeness (QED) is 0.773. The first kappa shape index (κ1) is 17.7. The monoisotopic (exact) mass is 367 g/mol. The third-order valence-electron chi connectivity index (χ3n) is 5.00. The van der Waals surface area contributed by atoms with Crippen molar-refractivity contribution < 1.29 is 19.0 Å². The van der Waals surface area contributed by atoms with Crippen LogP contribution in [0.25, 0.3) is 11.3 Å². The van der Waals surface area contributed by atoms with E-state index in [1.807, 2.05) is 16.9 Å². The van der Waals surface area contributed by atoms with Crippen LogP contribution in [-0.2, 0) is 33.6 Å². The number of hydrogen-bond acceptors (Lipinski definition) is 6. The minimum atomic E-state index is -0.432. The molecular formula is C20H21N3O4. The van der Waals surface area contributed by atoms with E-state index >= 15 is 0 Å². The number of methoxy groups -OCH3 is 1. The maximum Gasteiger partial charge on any atom is 0.337 e. The Hall–Kier alpha value is -2.69. The zero-order chi connectivity index (χ0) is 18.8. The first-order chi connectivity index (χ1) is 13.2. The maximum atomic E-state index is 11.9. The summed E-state index contributed by atoms with van der Waals surface area (Å²) in [5, 5.41) is 14.4. The molecule has 1 aromatic carbocycles. The average molecular weight is 367 g/mol. The molecule has 2 aliphatic rings. The van der Waals surface area contributed by atoms with Crippen molar-refractivity contribution in [3.63, 3.8) is 0 Å². The Morgan fingerprint density at radius 2 is 2.22 bits per heavy atom. The Morgan fingerprint density at radius 3 is 2.96 bits per heavy atom. The van der Waals surface area contributed by atoms with Crippen LogP contribution in [0, 0.1) is 11.3 Å². The molecule has 0 bridgehead atoms. The molecule has 7 heteroatoms. The van der Waals surface area contributed by atoms with Crippen molar-refractivity contribution in [2.24, 2.45) is 0 Å². The van der Waals surface area contributed by atoms with Gasteiger partial charge in [-0.1, -0.05) is 0 Å². The van der Waals surface area contributed by atoms with Gasteiger partial charge in [-0.25, -0.2) is 4.79 Å². The summed E-state index contributed by atoms with van der Waals surface area (Å²) in [7, 11) is 1.34. The van der Waals surface area contributed by atoms with Crippen LogP contribution >= 0.6 is 0 Å². The van der Waals surface area contributed by atoms with E-state index < -0.39 is 5.97 Å². The van der Waals surface area contributed by atoms with Crippen LogP contribution in [0.5, 0.6) is 0 Å². The van der Waals surface area contributed by atoms with Crippen LogP contribution in [0.2, 0.25) is 0 Å². The van der Waals surface area contributed by atoms with Crippen LogP contribution in [0.1, 0.15) is 33.5 Å². The molecule has 0 amide bonds. The van der Waals surface area contributed by atoms with Gasteiger partial charge < -0.3 is 14.2 Å². The Balaban J connectivity index is 1.73. The fraction of sp³-hybridized carbons (Fsp3) is 0.450. The average Bonchev–Trinajstić information content (AvgIpc) is 3.01. The molecule has 2 aromatic rings. The number of nitriles is 1. The van der Waals surface area contributed by atoms with E-state index in [9.17, 15) is 10.1 Å². The van der Waals surface area contributed by atoms with Crippen molar-refractivity contribution in [1.29, 1.82) is 5.26 Å². The Morgan fingerprint density at radius 1 is 1.37 bits per heavy atom. The highest BCUT2D eigenvalue weighted by Gasteiger charge is 2.25. The molecule has 1 aliphatic heterocycles. The van der Waals surface area contributed by atoms with Gasteiger partial charge >= 0.3 is 5.97 Å². The van der Waals surface area contributed by atoms with Gasteiger partial charge in [0.15, 0.2) is 0 Å². The molecular weight excluding hydrogens is 346 g/mol. The fourth-order valence-corrected chi connectivity index (χ4v) is 3.77. The maximum absolute atomic E-state index is 11.9. The highest BCUT2D eigenvalue weighted by molar-refractivity contribution is 5.92. The van der Waals surface area contributed by atoms with Crippen LogP contribution < -0.4 is 0 Å². The fourth-order valence-electron chi connectivity index (χ4n) is 3.77. The summed E-state index contributed by atoms with van der Waals surface area (Å²) in [4.78, 5) is 11.9. The first-order valence-electron chi connectivity index (χ1n) is 9.11. The lowest BCUT2D eigenvalue weighted by atomic mass is 9.94. The molecule has 0 unspecified atom stereocenters. The van der Waals surface area contributed by atoms with E-state index in [0.29, 0.717) is 37.5 Å². The van der Waals surface area contributed by atoms with Gasteiger partial charge in [0.1, 0.15) is 6.10 Å². The van der Waals surface area contributed by atoms with Gasteiger partial charge in [0.05, 0.1) is 56.4 Å². The number of aryl methyl sites for hydroxylation is 2. The minimum Gasteiger partial charge on any atom is -0.465 e. The zero-order valence-corrected chi connectivity index (χ0v) is 15.2. The van der Waals surface area contributed by atoms with E-state index in [0.717, 1.165) is 41.6 Å². The lowest BCUT2D eigenvalue weighted by Gasteiger charge is -2.22. The SMILES string of the molecule is COC(=O)c1cc(C#N)c2c(c1)CCCc1cn(C[C@H]3COCCO3)nc1-2. The number of hydrogen-bond donors (Lipinski definition) is 0. The van der Waals surface area contributed by atoms with E-state index in [2.05, 4.69) is 6.07 Å².